The summed E-state index contributed by atoms with van der Waals surface area (Å²) in [6, 6.07) is 1.82. The third-order valence-electron chi connectivity index (χ3n) is 4.54. The highest BCUT2D eigenvalue weighted by molar-refractivity contribution is 5.81. The van der Waals surface area contributed by atoms with Gasteiger partial charge in [-0.05, 0) is 76.1 Å². The number of carbonyl (C=O) groups excluding carboxylic acids is 1. The van der Waals surface area contributed by atoms with Gasteiger partial charge in [0.05, 0.1) is 6.61 Å². The number of hydrogen-bond donors (Lipinski definition) is 1. The molecule has 0 saturated heterocycles. The zero-order valence-corrected chi connectivity index (χ0v) is 14.4. The lowest BCUT2D eigenvalue weighted by Gasteiger charge is -2.37. The quantitative estimate of drug-likeness (QED) is 0.659. The lowest BCUT2D eigenvalue weighted by Crippen LogP contribution is -2.36. The second kappa shape index (κ2) is 7.07. The number of phenolic OH excluding ortho intramolecular Hbond substituents is 1. The molecule has 0 radical (unpaired) electrons. The highest BCUT2D eigenvalue weighted by Crippen LogP contribution is 2.41. The molecule has 1 atom stereocenters. The van der Waals surface area contributed by atoms with Gasteiger partial charge in [-0.2, -0.15) is 0 Å². The standard InChI is InChI=1S/C19H26O4/c1-5-22-17(21)8-6-7-10-19(4)11-9-15-12-16(20)13(2)14(3)18(15)23-19/h6,8,12,20H,5,7,9-11H2,1-4H3/b8-6+. The molecule has 0 spiro atoms. The smallest absolute Gasteiger partial charge is 0.330 e. The van der Waals surface area contributed by atoms with Crippen molar-refractivity contribution in [3.63, 3.8) is 0 Å². The Bertz CT molecular complexity index is 618. The van der Waals surface area contributed by atoms with Crippen molar-refractivity contribution >= 4 is 5.97 Å². The van der Waals surface area contributed by atoms with E-state index < -0.39 is 0 Å². The highest BCUT2D eigenvalue weighted by atomic mass is 16.5. The van der Waals surface area contributed by atoms with Crippen LogP contribution >= 0.6 is 0 Å². The van der Waals surface area contributed by atoms with E-state index in [-0.39, 0.29) is 11.6 Å². The van der Waals surface area contributed by atoms with Crippen LogP contribution in [0.5, 0.6) is 11.5 Å². The van der Waals surface area contributed by atoms with E-state index in [9.17, 15) is 9.90 Å². The molecule has 1 heterocycles. The number of aryl methyl sites for hydroxylation is 1. The molecule has 0 aliphatic carbocycles. The number of esters is 1. The lowest BCUT2D eigenvalue weighted by molar-refractivity contribution is -0.137. The number of allylic oxidation sites excluding steroid dienone is 1. The lowest BCUT2D eigenvalue weighted by atomic mass is 9.87. The summed E-state index contributed by atoms with van der Waals surface area (Å²) in [5, 5.41) is 9.95. The molecule has 4 heteroatoms. The summed E-state index contributed by atoms with van der Waals surface area (Å²) in [5.41, 5.74) is 2.70. The number of rotatable bonds is 5. The van der Waals surface area contributed by atoms with Gasteiger partial charge < -0.3 is 14.6 Å². The topological polar surface area (TPSA) is 55.8 Å². The van der Waals surface area contributed by atoms with Crippen molar-refractivity contribution in [2.24, 2.45) is 0 Å². The van der Waals surface area contributed by atoms with E-state index in [2.05, 4.69) is 6.92 Å². The van der Waals surface area contributed by atoms with Gasteiger partial charge in [-0.3, -0.25) is 0 Å². The predicted molar refractivity (Wildman–Crippen MR) is 89.9 cm³/mol. The van der Waals surface area contributed by atoms with E-state index in [1.165, 1.54) is 6.08 Å². The maximum Gasteiger partial charge on any atom is 0.330 e. The second-order valence-corrected chi connectivity index (χ2v) is 6.38. The average molecular weight is 318 g/mol. The van der Waals surface area contributed by atoms with E-state index in [0.29, 0.717) is 12.4 Å². The van der Waals surface area contributed by atoms with Crippen molar-refractivity contribution in [1.82, 2.24) is 0 Å². The predicted octanol–water partition coefficient (Wildman–Crippen LogP) is 3.99. The first-order chi connectivity index (χ1) is 10.9. The van der Waals surface area contributed by atoms with Crippen LogP contribution in [0.15, 0.2) is 18.2 Å². The number of carbonyl (C=O) groups is 1. The Morgan fingerprint density at radius 1 is 1.43 bits per heavy atom. The minimum absolute atomic E-state index is 0.250. The molecule has 1 aliphatic rings. The molecule has 0 fully saturated rings. The first-order valence-electron chi connectivity index (χ1n) is 8.20. The summed E-state index contributed by atoms with van der Waals surface area (Å²) in [4.78, 5) is 11.3. The molecule has 1 aromatic carbocycles. The number of benzene rings is 1. The van der Waals surface area contributed by atoms with Crippen LogP contribution < -0.4 is 4.74 Å². The van der Waals surface area contributed by atoms with Gasteiger partial charge in [0.2, 0.25) is 0 Å². The highest BCUT2D eigenvalue weighted by Gasteiger charge is 2.32. The molecular formula is C19H26O4. The third-order valence-corrected chi connectivity index (χ3v) is 4.54. The maximum atomic E-state index is 11.3. The first kappa shape index (κ1) is 17.4. The van der Waals surface area contributed by atoms with Gasteiger partial charge in [0.1, 0.15) is 17.1 Å². The zero-order valence-electron chi connectivity index (χ0n) is 14.4. The van der Waals surface area contributed by atoms with Crippen LogP contribution in [-0.4, -0.2) is 23.3 Å². The molecule has 0 bridgehead atoms. The third kappa shape index (κ3) is 4.06. The molecule has 1 aromatic rings. The fourth-order valence-corrected chi connectivity index (χ4v) is 2.90. The van der Waals surface area contributed by atoms with Gasteiger partial charge >= 0.3 is 5.97 Å². The number of hydrogen-bond acceptors (Lipinski definition) is 4. The number of fused-ring (bicyclic) bond motifs is 1. The van der Waals surface area contributed by atoms with Crippen LogP contribution in [0.4, 0.5) is 0 Å². The monoisotopic (exact) mass is 318 g/mol. The van der Waals surface area contributed by atoms with E-state index in [1.807, 2.05) is 26.0 Å². The van der Waals surface area contributed by atoms with E-state index in [1.54, 1.807) is 6.92 Å². The van der Waals surface area contributed by atoms with E-state index in [4.69, 9.17) is 9.47 Å². The number of ether oxygens (including phenoxy) is 2. The van der Waals surface area contributed by atoms with Crippen LogP contribution in [0.1, 0.15) is 49.8 Å². The molecule has 2 rings (SSSR count). The second-order valence-electron chi connectivity index (χ2n) is 6.38. The number of aromatic hydroxyl groups is 1. The molecule has 1 unspecified atom stereocenters. The largest absolute Gasteiger partial charge is 0.508 e. The molecule has 23 heavy (non-hydrogen) atoms. The summed E-state index contributed by atoms with van der Waals surface area (Å²) in [5.74, 6) is 0.948. The van der Waals surface area contributed by atoms with Gasteiger partial charge in [0.15, 0.2) is 0 Å². The Morgan fingerprint density at radius 3 is 2.87 bits per heavy atom. The summed E-state index contributed by atoms with van der Waals surface area (Å²) >= 11 is 0. The number of phenols is 1. The molecular weight excluding hydrogens is 292 g/mol. The minimum Gasteiger partial charge on any atom is -0.508 e. The van der Waals surface area contributed by atoms with Gasteiger partial charge in [0, 0.05) is 6.08 Å². The first-order valence-corrected chi connectivity index (χ1v) is 8.20. The SMILES string of the molecule is CCOC(=O)/C=C/CCC1(C)CCc2cc(O)c(C)c(C)c2O1. The van der Waals surface area contributed by atoms with Crippen LogP contribution in [0.2, 0.25) is 0 Å². The van der Waals surface area contributed by atoms with Crippen molar-refractivity contribution in [3.8, 4) is 11.5 Å². The average Bonchev–Trinajstić information content (AvgIpc) is 2.51. The van der Waals surface area contributed by atoms with Crippen molar-refractivity contribution in [1.29, 1.82) is 0 Å². The van der Waals surface area contributed by atoms with Gasteiger partial charge in [-0.15, -0.1) is 0 Å². The minimum atomic E-state index is -0.297. The van der Waals surface area contributed by atoms with Crippen LogP contribution in [0, 0.1) is 13.8 Å². The Balaban J connectivity index is 2.03. The molecule has 1 aliphatic heterocycles. The summed E-state index contributed by atoms with van der Waals surface area (Å²) in [7, 11) is 0. The van der Waals surface area contributed by atoms with Crippen LogP contribution in [0.25, 0.3) is 0 Å². The zero-order chi connectivity index (χ0) is 17.0. The molecule has 126 valence electrons. The summed E-state index contributed by atoms with van der Waals surface area (Å²) in [6.45, 7) is 8.19. The Kier molecular flexibility index (Phi) is 5.34. The normalized spacial score (nSPS) is 20.2. The molecule has 4 nitrogen and oxygen atoms in total. The van der Waals surface area contributed by atoms with Crippen molar-refractivity contribution < 1.29 is 19.4 Å². The molecule has 0 amide bonds. The van der Waals surface area contributed by atoms with Crippen LogP contribution in [-0.2, 0) is 16.0 Å². The van der Waals surface area contributed by atoms with E-state index >= 15 is 0 Å². The van der Waals surface area contributed by atoms with Crippen molar-refractivity contribution in [2.45, 2.75) is 59.0 Å². The fraction of sp³-hybridized carbons (Fsp3) is 0.526. The molecule has 0 saturated carbocycles. The summed E-state index contributed by atoms with van der Waals surface area (Å²) in [6.07, 6.45) is 6.72. The van der Waals surface area contributed by atoms with Crippen LogP contribution in [0.3, 0.4) is 0 Å². The van der Waals surface area contributed by atoms with Crippen molar-refractivity contribution in [2.75, 3.05) is 6.61 Å². The van der Waals surface area contributed by atoms with Crippen molar-refractivity contribution in [3.05, 3.63) is 34.9 Å². The molecule has 1 N–H and O–H groups in total. The van der Waals surface area contributed by atoms with Gasteiger partial charge in [-0.25, -0.2) is 4.79 Å². The summed E-state index contributed by atoms with van der Waals surface area (Å²) < 4.78 is 11.1. The Morgan fingerprint density at radius 2 is 2.17 bits per heavy atom. The maximum absolute atomic E-state index is 11.3. The van der Waals surface area contributed by atoms with Gasteiger partial charge in [-0.1, -0.05) is 6.08 Å². The fourth-order valence-electron chi connectivity index (χ4n) is 2.90. The Hall–Kier alpha value is -1.97. The Labute approximate surface area is 138 Å². The molecule has 0 aromatic heterocycles. The van der Waals surface area contributed by atoms with E-state index in [0.717, 1.165) is 48.1 Å². The van der Waals surface area contributed by atoms with Gasteiger partial charge in [0.25, 0.3) is 0 Å².